The van der Waals surface area contributed by atoms with Crippen molar-refractivity contribution in [3.8, 4) is 0 Å². The standard InChI is InChI=1S/C19H22ClFN2/c1-5-23(4)12-22-18-9-13(2)8-16(19(18)20)10-15-11-17(21)7-6-14(15)3/h6-9,11-12H,5,10H2,1-4H3. The third-order valence-electron chi connectivity index (χ3n) is 3.86. The van der Waals surface area contributed by atoms with Crippen molar-refractivity contribution in [1.82, 2.24) is 4.90 Å². The second-order valence-electron chi connectivity index (χ2n) is 5.82. The molecule has 2 aromatic carbocycles. The first-order chi connectivity index (χ1) is 10.9. The lowest BCUT2D eigenvalue weighted by Crippen LogP contribution is -2.14. The van der Waals surface area contributed by atoms with E-state index in [0.29, 0.717) is 11.4 Å². The summed E-state index contributed by atoms with van der Waals surface area (Å²) in [5.41, 5.74) is 4.80. The lowest BCUT2D eigenvalue weighted by molar-refractivity contribution is 0.552. The number of benzene rings is 2. The van der Waals surface area contributed by atoms with Crippen LogP contribution >= 0.6 is 11.6 Å². The molecule has 0 saturated heterocycles. The highest BCUT2D eigenvalue weighted by Gasteiger charge is 2.10. The Kier molecular flexibility index (Phi) is 5.78. The third kappa shape index (κ3) is 4.55. The molecule has 0 saturated carbocycles. The molecular formula is C19H22ClFN2. The Morgan fingerprint density at radius 2 is 1.91 bits per heavy atom. The molecule has 2 aromatic rings. The Labute approximate surface area is 142 Å². The highest BCUT2D eigenvalue weighted by molar-refractivity contribution is 6.33. The first-order valence-corrected chi connectivity index (χ1v) is 8.07. The molecule has 0 unspecified atom stereocenters. The minimum atomic E-state index is -0.225. The number of rotatable bonds is 5. The fourth-order valence-electron chi connectivity index (χ4n) is 2.32. The van der Waals surface area contributed by atoms with Gasteiger partial charge < -0.3 is 4.90 Å². The molecule has 122 valence electrons. The van der Waals surface area contributed by atoms with Gasteiger partial charge in [-0.15, -0.1) is 0 Å². The highest BCUT2D eigenvalue weighted by atomic mass is 35.5. The molecule has 2 rings (SSSR count). The summed E-state index contributed by atoms with van der Waals surface area (Å²) in [6, 6.07) is 8.85. The van der Waals surface area contributed by atoms with Crippen molar-refractivity contribution in [2.75, 3.05) is 13.6 Å². The van der Waals surface area contributed by atoms with Crippen LogP contribution in [0.25, 0.3) is 0 Å². The van der Waals surface area contributed by atoms with Crippen LogP contribution in [0.5, 0.6) is 0 Å². The van der Waals surface area contributed by atoms with Crippen LogP contribution in [-0.4, -0.2) is 24.8 Å². The van der Waals surface area contributed by atoms with Crippen molar-refractivity contribution in [1.29, 1.82) is 0 Å². The van der Waals surface area contributed by atoms with Gasteiger partial charge in [0, 0.05) is 13.6 Å². The number of aliphatic imine (C=N–C) groups is 1. The van der Waals surface area contributed by atoms with E-state index in [1.54, 1.807) is 18.5 Å². The van der Waals surface area contributed by atoms with Gasteiger partial charge in [0.15, 0.2) is 0 Å². The summed E-state index contributed by atoms with van der Waals surface area (Å²) in [4.78, 5) is 6.46. The van der Waals surface area contributed by atoms with Gasteiger partial charge in [0.05, 0.1) is 17.0 Å². The van der Waals surface area contributed by atoms with Crippen molar-refractivity contribution in [2.24, 2.45) is 4.99 Å². The molecule has 0 radical (unpaired) electrons. The van der Waals surface area contributed by atoms with Crippen molar-refractivity contribution < 1.29 is 4.39 Å². The smallest absolute Gasteiger partial charge is 0.123 e. The average Bonchev–Trinajstić information content (AvgIpc) is 2.52. The second-order valence-corrected chi connectivity index (χ2v) is 6.20. The number of halogens is 2. The highest BCUT2D eigenvalue weighted by Crippen LogP contribution is 2.32. The van der Waals surface area contributed by atoms with E-state index >= 15 is 0 Å². The van der Waals surface area contributed by atoms with E-state index < -0.39 is 0 Å². The maximum atomic E-state index is 13.5. The zero-order valence-corrected chi connectivity index (χ0v) is 14.8. The summed E-state index contributed by atoms with van der Waals surface area (Å²) >= 11 is 6.52. The van der Waals surface area contributed by atoms with Gasteiger partial charge in [-0.05, 0) is 67.6 Å². The maximum Gasteiger partial charge on any atom is 0.123 e. The predicted molar refractivity (Wildman–Crippen MR) is 96.6 cm³/mol. The molecule has 0 heterocycles. The second kappa shape index (κ2) is 7.60. The molecule has 0 spiro atoms. The van der Waals surface area contributed by atoms with Crippen LogP contribution in [0.3, 0.4) is 0 Å². The van der Waals surface area contributed by atoms with Crippen molar-refractivity contribution in [2.45, 2.75) is 27.2 Å². The van der Waals surface area contributed by atoms with Crippen LogP contribution in [0.1, 0.15) is 29.2 Å². The van der Waals surface area contributed by atoms with Gasteiger partial charge in [0.2, 0.25) is 0 Å². The minimum absolute atomic E-state index is 0.225. The Morgan fingerprint density at radius 1 is 1.17 bits per heavy atom. The molecule has 0 atom stereocenters. The van der Waals surface area contributed by atoms with Crippen molar-refractivity contribution >= 4 is 23.6 Å². The number of nitrogens with zero attached hydrogens (tertiary/aromatic N) is 2. The van der Waals surface area contributed by atoms with Gasteiger partial charge >= 0.3 is 0 Å². The first kappa shape index (κ1) is 17.5. The van der Waals surface area contributed by atoms with Crippen molar-refractivity contribution in [3.63, 3.8) is 0 Å². The van der Waals surface area contributed by atoms with Gasteiger partial charge in [0.25, 0.3) is 0 Å². The van der Waals surface area contributed by atoms with Gasteiger partial charge in [-0.2, -0.15) is 0 Å². The largest absolute Gasteiger partial charge is 0.366 e. The molecule has 0 aliphatic carbocycles. The lowest BCUT2D eigenvalue weighted by Gasteiger charge is -2.12. The average molecular weight is 333 g/mol. The molecule has 0 aliphatic rings. The summed E-state index contributed by atoms with van der Waals surface area (Å²) in [5.74, 6) is -0.225. The molecule has 0 aliphatic heterocycles. The zero-order chi connectivity index (χ0) is 17.0. The quantitative estimate of drug-likeness (QED) is 0.536. The van der Waals surface area contributed by atoms with Crippen LogP contribution in [0.4, 0.5) is 10.1 Å². The van der Waals surface area contributed by atoms with Gasteiger partial charge in [0.1, 0.15) is 5.82 Å². The monoisotopic (exact) mass is 332 g/mol. The molecule has 2 nitrogen and oxygen atoms in total. The number of aryl methyl sites for hydroxylation is 2. The van der Waals surface area contributed by atoms with E-state index in [4.69, 9.17) is 11.6 Å². The summed E-state index contributed by atoms with van der Waals surface area (Å²) in [5, 5.41) is 0.625. The van der Waals surface area contributed by atoms with E-state index in [1.807, 2.05) is 37.9 Å². The Hall–Kier alpha value is -1.87. The fourth-order valence-corrected chi connectivity index (χ4v) is 2.55. The Balaban J connectivity index is 2.37. The number of hydrogen-bond acceptors (Lipinski definition) is 1. The van der Waals surface area contributed by atoms with Gasteiger partial charge in [-0.1, -0.05) is 23.7 Å². The van der Waals surface area contributed by atoms with E-state index in [0.717, 1.165) is 34.5 Å². The van der Waals surface area contributed by atoms with E-state index in [2.05, 4.69) is 11.9 Å². The third-order valence-corrected chi connectivity index (χ3v) is 4.29. The normalized spacial score (nSPS) is 11.2. The lowest BCUT2D eigenvalue weighted by atomic mass is 9.98. The Bertz CT molecular complexity index is 726. The van der Waals surface area contributed by atoms with Crippen LogP contribution < -0.4 is 0 Å². The molecule has 0 aromatic heterocycles. The van der Waals surface area contributed by atoms with Gasteiger partial charge in [-0.25, -0.2) is 9.38 Å². The molecule has 23 heavy (non-hydrogen) atoms. The summed E-state index contributed by atoms with van der Waals surface area (Å²) in [7, 11) is 1.96. The summed E-state index contributed by atoms with van der Waals surface area (Å²) in [6.45, 7) is 6.93. The molecule has 0 N–H and O–H groups in total. The predicted octanol–water partition coefficient (Wildman–Crippen LogP) is 5.30. The van der Waals surface area contributed by atoms with Crippen molar-refractivity contribution in [3.05, 3.63) is 63.4 Å². The van der Waals surface area contributed by atoms with Gasteiger partial charge in [-0.3, -0.25) is 0 Å². The van der Waals surface area contributed by atoms with Crippen LogP contribution in [0, 0.1) is 19.7 Å². The fraction of sp³-hybridized carbons (Fsp3) is 0.316. The minimum Gasteiger partial charge on any atom is -0.366 e. The summed E-state index contributed by atoms with van der Waals surface area (Å²) < 4.78 is 13.5. The molecular weight excluding hydrogens is 311 g/mol. The molecule has 0 fully saturated rings. The van der Waals surface area contributed by atoms with E-state index in [1.165, 1.54) is 6.07 Å². The van der Waals surface area contributed by atoms with E-state index in [-0.39, 0.29) is 5.82 Å². The zero-order valence-electron chi connectivity index (χ0n) is 14.0. The van der Waals surface area contributed by atoms with Crippen LogP contribution in [0.2, 0.25) is 5.02 Å². The maximum absolute atomic E-state index is 13.5. The van der Waals surface area contributed by atoms with Crippen LogP contribution in [0.15, 0.2) is 35.3 Å². The SMILES string of the molecule is CCN(C)C=Nc1cc(C)cc(Cc2cc(F)ccc2C)c1Cl. The number of hydrogen-bond donors (Lipinski definition) is 0. The molecule has 4 heteroatoms. The topological polar surface area (TPSA) is 15.6 Å². The van der Waals surface area contributed by atoms with E-state index in [9.17, 15) is 4.39 Å². The summed E-state index contributed by atoms with van der Waals surface area (Å²) in [6.07, 6.45) is 2.37. The van der Waals surface area contributed by atoms with Crippen LogP contribution in [-0.2, 0) is 6.42 Å². The first-order valence-electron chi connectivity index (χ1n) is 7.69. The Morgan fingerprint density at radius 3 is 2.61 bits per heavy atom. The molecule has 0 amide bonds. The molecule has 0 bridgehead atoms.